The van der Waals surface area contributed by atoms with Crippen molar-refractivity contribution in [2.75, 3.05) is 0 Å². The molecule has 0 atom stereocenters. The predicted molar refractivity (Wildman–Crippen MR) is 557 cm³/mol. The van der Waals surface area contributed by atoms with Crippen LogP contribution < -0.4 is 0 Å². The summed E-state index contributed by atoms with van der Waals surface area (Å²) in [5.74, 6) is 5.26. The molecule has 0 radical (unpaired) electrons. The molecule has 0 saturated heterocycles. The van der Waals surface area contributed by atoms with Gasteiger partial charge in [-0.15, -0.1) is 155 Å². The molecule has 0 saturated carbocycles. The summed E-state index contributed by atoms with van der Waals surface area (Å²) >= 11 is 0. The summed E-state index contributed by atoms with van der Waals surface area (Å²) in [6.45, 7) is 0. The van der Waals surface area contributed by atoms with Gasteiger partial charge in [0.15, 0.2) is 0 Å². The van der Waals surface area contributed by atoms with E-state index in [9.17, 15) is 0 Å². The van der Waals surface area contributed by atoms with Crippen molar-refractivity contribution in [2.24, 2.45) is 42.3 Å². The Morgan fingerprint density at radius 3 is 1.14 bits per heavy atom. The molecule has 0 unspecified atom stereocenters. The molecule has 28 aromatic rings. The maximum atomic E-state index is 5.12. The molecule has 674 valence electrons. The van der Waals surface area contributed by atoms with Crippen LogP contribution in [0.1, 0.15) is 0 Å². The first-order valence-corrected chi connectivity index (χ1v) is 45.8. The molecular formula is C121H80N16Pt3. The van der Waals surface area contributed by atoms with Gasteiger partial charge in [0.2, 0.25) is 0 Å². The number of hydrogen-bond donors (Lipinski definition) is 0. The zero-order valence-corrected chi connectivity index (χ0v) is 83.2. The predicted octanol–water partition coefficient (Wildman–Crippen LogP) is 27.5. The fourth-order valence-electron chi connectivity index (χ4n) is 20.6. The Balaban J connectivity index is 0.000000116. The Morgan fingerprint density at radius 2 is 0.600 bits per heavy atom. The Bertz CT molecular complexity index is 9810. The van der Waals surface area contributed by atoms with Crippen molar-refractivity contribution in [1.82, 2.24) is 76.0 Å². The molecule has 140 heavy (non-hydrogen) atoms. The molecule has 18 aromatic carbocycles. The molecule has 0 fully saturated rings. The number of para-hydroxylation sites is 10. The summed E-state index contributed by atoms with van der Waals surface area (Å²) in [4.78, 5) is 35.0. The van der Waals surface area contributed by atoms with Crippen LogP contribution in [0.25, 0.3) is 261 Å². The van der Waals surface area contributed by atoms with E-state index < -0.39 is 0 Å². The standard InChI is InChI=1S/C44H29N5.C39H26N6.C38H25N5.3Pt/c1-47-37-21-10-8-19-35(37)45-43(47)30-16-12-17-32(25-30)49-39-24-23-29-15-6-7-18-33(29)41(39)42-34(28-13-4-3-5-14-28)26-31(27-40(42)49)44-46-36-20-9-11-22-38(36)48(44)2;1-43-34-19-7-6-17-32(34)41-37(43)26-13-8-14-28(23-26)45-35-24-27(20-21-30(35)31-16-10-22-40-39(31)45)38-42-33-18-9-15-29(36(33)44(38)2)25-11-4-3-5-12-25;1-41-34-17-8-6-15-31(34)39-37(41)26-12-9-13-28(20-26)43-33-16-7-5-14-29(33)30-19-18-27(23-35(30)43)38-40-32-21-24-10-3-4-11-25(24)22-36(32)42(38)2;;;/h3-24,26H,1-2H3;3-22H,1-2H3;3-19,21-22H,1-2H3;;;/q3*-2;3*+2. The van der Waals surface area contributed by atoms with Crippen LogP contribution in [0.5, 0.6) is 0 Å². The average Bonchev–Trinajstić information content (AvgIpc) is 1.54. The molecule has 0 bridgehead atoms. The summed E-state index contributed by atoms with van der Waals surface area (Å²) in [5, 5.41) is 11.6. The first-order chi connectivity index (χ1) is 67.4. The number of benzene rings is 18. The van der Waals surface area contributed by atoms with Crippen molar-refractivity contribution in [1.29, 1.82) is 0 Å². The molecule has 0 aliphatic heterocycles. The summed E-state index contributed by atoms with van der Waals surface area (Å²) in [6.07, 6.45) is 1.84. The molecule has 0 N–H and O–H groups in total. The van der Waals surface area contributed by atoms with Crippen LogP contribution >= 0.6 is 0 Å². The third kappa shape index (κ3) is 14.5. The Morgan fingerprint density at radius 1 is 0.214 bits per heavy atom. The van der Waals surface area contributed by atoms with Gasteiger partial charge in [-0.2, -0.15) is 0 Å². The quantitative estimate of drug-likeness (QED) is 0.118. The summed E-state index contributed by atoms with van der Waals surface area (Å²) < 4.78 is 19.7. The van der Waals surface area contributed by atoms with E-state index in [0.717, 1.165) is 223 Å². The number of aryl methyl sites for hydroxylation is 6. The van der Waals surface area contributed by atoms with Crippen molar-refractivity contribution < 1.29 is 63.2 Å². The largest absolute Gasteiger partial charge is 2.00 e. The topological polar surface area (TPSA) is 135 Å². The monoisotopic (exact) mass is 2340 g/mol. The van der Waals surface area contributed by atoms with Crippen LogP contribution in [0, 0.1) is 36.4 Å². The molecule has 10 heterocycles. The second-order valence-corrected chi connectivity index (χ2v) is 35.0. The molecular weight excluding hydrogens is 2260 g/mol. The number of rotatable bonds is 11. The number of nitrogens with zero attached hydrogens (tertiary/aromatic N) is 16. The Kier molecular flexibility index (Phi) is 22.3. The number of hydrogen-bond acceptors (Lipinski definition) is 7. The second-order valence-electron chi connectivity index (χ2n) is 35.0. The van der Waals surface area contributed by atoms with Gasteiger partial charge in [-0.3, -0.25) is 29.9 Å². The minimum absolute atomic E-state index is 0. The van der Waals surface area contributed by atoms with Crippen molar-refractivity contribution in [3.8, 4) is 108 Å². The Labute approximate surface area is 847 Å². The average molecular weight is 2340 g/mol. The van der Waals surface area contributed by atoms with Crippen molar-refractivity contribution in [2.45, 2.75) is 0 Å². The van der Waals surface area contributed by atoms with Crippen molar-refractivity contribution >= 4 is 153 Å². The van der Waals surface area contributed by atoms with Gasteiger partial charge in [0.05, 0.1) is 101 Å². The van der Waals surface area contributed by atoms with E-state index in [2.05, 4.69) is 428 Å². The minimum Gasteiger partial charge on any atom is -0.367 e. The third-order valence-corrected chi connectivity index (χ3v) is 27.2. The molecule has 19 heteroatoms. The molecule has 0 spiro atoms. The summed E-state index contributed by atoms with van der Waals surface area (Å²) in [6, 6.07) is 151. The van der Waals surface area contributed by atoms with E-state index >= 15 is 0 Å². The second kappa shape index (κ2) is 35.5. The van der Waals surface area contributed by atoms with Gasteiger partial charge < -0.3 is 41.1 Å². The van der Waals surface area contributed by atoms with Crippen LogP contribution in [0.2, 0.25) is 0 Å². The van der Waals surface area contributed by atoms with E-state index in [4.69, 9.17) is 34.9 Å². The molecule has 28 rings (SSSR count). The van der Waals surface area contributed by atoms with E-state index in [1.54, 1.807) is 0 Å². The molecule has 10 aromatic heterocycles. The zero-order valence-electron chi connectivity index (χ0n) is 76.4. The van der Waals surface area contributed by atoms with Gasteiger partial charge in [-0.05, 0) is 167 Å². The fourth-order valence-corrected chi connectivity index (χ4v) is 20.6. The smallest absolute Gasteiger partial charge is 0.367 e. The van der Waals surface area contributed by atoms with Gasteiger partial charge >= 0.3 is 63.2 Å². The number of fused-ring (bicyclic) bond motifs is 18. The zero-order chi connectivity index (χ0) is 91.4. The number of pyridine rings is 1. The van der Waals surface area contributed by atoms with E-state index in [-0.39, 0.29) is 63.2 Å². The van der Waals surface area contributed by atoms with Crippen LogP contribution in [-0.4, -0.2) is 76.0 Å². The van der Waals surface area contributed by atoms with Crippen molar-refractivity contribution in [3.05, 3.63) is 413 Å². The van der Waals surface area contributed by atoms with Gasteiger partial charge in [-0.25, -0.2) is 4.98 Å². The number of aromatic nitrogens is 16. The van der Waals surface area contributed by atoms with Crippen molar-refractivity contribution in [3.63, 3.8) is 0 Å². The van der Waals surface area contributed by atoms with E-state index in [0.29, 0.717) is 0 Å². The summed E-state index contributed by atoms with van der Waals surface area (Å²) in [7, 11) is 12.4. The normalized spacial score (nSPS) is 11.6. The van der Waals surface area contributed by atoms with Gasteiger partial charge in [0.1, 0.15) is 5.65 Å². The van der Waals surface area contributed by atoms with Crippen LogP contribution in [0.3, 0.4) is 0 Å². The maximum Gasteiger partial charge on any atom is 2.00 e. The van der Waals surface area contributed by atoms with Crippen LogP contribution in [0.15, 0.2) is 376 Å². The first kappa shape index (κ1) is 87.9. The minimum atomic E-state index is 0. The van der Waals surface area contributed by atoms with E-state index in [1.807, 2.05) is 67.8 Å². The van der Waals surface area contributed by atoms with Crippen LogP contribution in [0.4, 0.5) is 0 Å². The molecule has 0 aliphatic carbocycles. The maximum absolute atomic E-state index is 5.12. The summed E-state index contributed by atoms with van der Waals surface area (Å²) in [5.41, 5.74) is 31.3. The van der Waals surface area contributed by atoms with Gasteiger partial charge in [0.25, 0.3) is 0 Å². The SMILES string of the molecule is Cn1c(-c2[c-]c(-n3c4[c-]c(-c5nc6cc7ccccc7cc6n5C)ccc4c4ccccc43)ccc2)nc2ccccc21.Cn1c(-c2[c-]c(-n3c4[c-]c(-c5nc6cccc(-c7ccccc7)c6n5C)ccc4c4cccnc43)ccc2)nc2ccccc21.Cn1c(-c2[c-]c(-n3c4[c-]c(-c5nc6ccccc6n5C)cc(-c5ccccc5)c4c4c5ccccc5ccc43)ccc2)nc2ccccc21.[Pt+2].[Pt+2].[Pt+2]. The molecule has 16 nitrogen and oxygen atoms in total. The third-order valence-electron chi connectivity index (χ3n) is 27.2. The first-order valence-electron chi connectivity index (χ1n) is 45.8. The Hall–Kier alpha value is -16.1. The van der Waals surface area contributed by atoms with E-state index in [1.165, 1.54) is 37.9 Å². The molecule has 0 amide bonds. The van der Waals surface area contributed by atoms with Gasteiger partial charge in [-0.1, -0.05) is 222 Å². The fraction of sp³-hybridized carbons (Fsp3) is 0.0496. The number of imidazole rings is 6. The van der Waals surface area contributed by atoms with Crippen LogP contribution in [-0.2, 0) is 105 Å². The molecule has 0 aliphatic rings. The van der Waals surface area contributed by atoms with Gasteiger partial charge in [0, 0.05) is 65.1 Å².